The lowest BCUT2D eigenvalue weighted by molar-refractivity contribution is 0.940. The number of para-hydroxylation sites is 1. The van der Waals surface area contributed by atoms with Gasteiger partial charge in [0.15, 0.2) is 0 Å². The normalized spacial score (nSPS) is 14.6. The van der Waals surface area contributed by atoms with E-state index >= 15 is 0 Å². The second-order valence-corrected chi connectivity index (χ2v) is 6.22. The third kappa shape index (κ3) is 1.95. The lowest BCUT2D eigenvalue weighted by Crippen LogP contribution is -2.05. The van der Waals surface area contributed by atoms with Gasteiger partial charge in [0.2, 0.25) is 0 Å². The molecule has 0 amide bonds. The predicted octanol–water partition coefficient (Wildman–Crippen LogP) is 4.66. The van der Waals surface area contributed by atoms with Gasteiger partial charge in [0.1, 0.15) is 5.82 Å². The summed E-state index contributed by atoms with van der Waals surface area (Å²) in [5, 5.41) is 1.25. The van der Waals surface area contributed by atoms with Crippen molar-refractivity contribution in [3.63, 3.8) is 0 Å². The van der Waals surface area contributed by atoms with Crippen molar-refractivity contribution in [2.75, 3.05) is 0 Å². The summed E-state index contributed by atoms with van der Waals surface area (Å²) in [7, 11) is 0. The van der Waals surface area contributed by atoms with Crippen molar-refractivity contribution in [1.82, 2.24) is 15.0 Å². The van der Waals surface area contributed by atoms with Crippen LogP contribution in [0.3, 0.4) is 0 Å². The minimum absolute atomic E-state index is 0.111. The van der Waals surface area contributed by atoms with E-state index in [0.717, 1.165) is 17.8 Å². The molecule has 2 heterocycles. The van der Waals surface area contributed by atoms with Crippen LogP contribution in [-0.4, -0.2) is 15.0 Å². The molecule has 116 valence electrons. The predicted molar refractivity (Wildman–Crippen MR) is 96.9 cm³/mol. The van der Waals surface area contributed by atoms with Crippen LogP contribution in [0.2, 0.25) is 0 Å². The summed E-state index contributed by atoms with van der Waals surface area (Å²) in [5.41, 5.74) is 6.50. The Kier molecular flexibility index (Phi) is 2.92. The average Bonchev–Trinajstić information content (AvgIpc) is 3.36. The van der Waals surface area contributed by atoms with Crippen LogP contribution in [0.4, 0.5) is 0 Å². The zero-order chi connectivity index (χ0) is 15.9. The van der Waals surface area contributed by atoms with Crippen molar-refractivity contribution in [2.24, 2.45) is 0 Å². The highest BCUT2D eigenvalue weighted by atomic mass is 14.9. The lowest BCUT2D eigenvalue weighted by Gasteiger charge is -2.17. The number of H-pyrrole nitrogens is 2. The van der Waals surface area contributed by atoms with E-state index in [2.05, 4.69) is 75.8 Å². The number of hydrogen-bond donors (Lipinski definition) is 2. The summed E-state index contributed by atoms with van der Waals surface area (Å²) in [6.07, 6.45) is 9.20. The summed E-state index contributed by atoms with van der Waals surface area (Å²) in [6, 6.07) is 17.1. The first kappa shape index (κ1) is 13.4. The van der Waals surface area contributed by atoms with Crippen LogP contribution in [-0.2, 0) is 6.42 Å². The first-order valence-electron chi connectivity index (χ1n) is 8.25. The van der Waals surface area contributed by atoms with Crippen molar-refractivity contribution in [1.29, 1.82) is 0 Å². The van der Waals surface area contributed by atoms with Gasteiger partial charge < -0.3 is 9.97 Å². The maximum absolute atomic E-state index is 4.59. The van der Waals surface area contributed by atoms with E-state index in [4.69, 9.17) is 0 Å². The Morgan fingerprint density at radius 2 is 1.83 bits per heavy atom. The molecule has 4 aromatic rings. The second-order valence-electron chi connectivity index (χ2n) is 6.22. The van der Waals surface area contributed by atoms with Crippen LogP contribution in [0.25, 0.3) is 16.5 Å². The van der Waals surface area contributed by atoms with E-state index in [0.29, 0.717) is 0 Å². The van der Waals surface area contributed by atoms with E-state index < -0.39 is 0 Å². The molecular formula is C21H17N3. The minimum atomic E-state index is 0.111. The summed E-state index contributed by atoms with van der Waals surface area (Å²) in [6.45, 7) is 0. The molecule has 2 N–H and O–H groups in total. The van der Waals surface area contributed by atoms with Crippen LogP contribution >= 0.6 is 0 Å². The van der Waals surface area contributed by atoms with E-state index in [-0.39, 0.29) is 5.92 Å². The fraction of sp³-hybridized carbons (Fsp3) is 0.0952. The van der Waals surface area contributed by atoms with Gasteiger partial charge in [-0.15, -0.1) is 0 Å². The topological polar surface area (TPSA) is 44.5 Å². The highest BCUT2D eigenvalue weighted by Crippen LogP contribution is 2.43. The van der Waals surface area contributed by atoms with Gasteiger partial charge in [-0.1, -0.05) is 48.5 Å². The van der Waals surface area contributed by atoms with Crippen molar-refractivity contribution < 1.29 is 0 Å². The maximum Gasteiger partial charge on any atom is 0.118 e. The Hall–Kier alpha value is -3.07. The van der Waals surface area contributed by atoms with Gasteiger partial charge in [0.25, 0.3) is 0 Å². The summed E-state index contributed by atoms with van der Waals surface area (Å²) in [4.78, 5) is 11.3. The average molecular weight is 311 g/mol. The van der Waals surface area contributed by atoms with Crippen LogP contribution < -0.4 is 0 Å². The Labute approximate surface area is 140 Å². The molecule has 1 aliphatic carbocycles. The zero-order valence-electron chi connectivity index (χ0n) is 13.2. The fourth-order valence-electron chi connectivity index (χ4n) is 3.81. The highest BCUT2D eigenvalue weighted by molar-refractivity contribution is 5.89. The molecule has 0 spiro atoms. The quantitative estimate of drug-likeness (QED) is 0.568. The summed E-state index contributed by atoms with van der Waals surface area (Å²) >= 11 is 0. The molecule has 1 unspecified atom stereocenters. The Morgan fingerprint density at radius 3 is 2.75 bits per heavy atom. The van der Waals surface area contributed by atoms with Gasteiger partial charge in [-0.05, 0) is 34.8 Å². The monoisotopic (exact) mass is 311 g/mol. The molecular weight excluding hydrogens is 294 g/mol. The molecule has 0 fully saturated rings. The summed E-state index contributed by atoms with van der Waals surface area (Å²) < 4.78 is 0. The standard InChI is InChI=1S/C21H17N3/c1-2-6-15-14(5-1)9-10-17(15)20(21-22-11-12-23-21)18-13-24-19-8-4-3-7-16(18)19/h1-8,10-13,20,24H,9H2,(H,22,23). The molecule has 0 bridgehead atoms. The molecule has 0 aliphatic heterocycles. The number of benzene rings is 2. The number of aromatic amines is 2. The van der Waals surface area contributed by atoms with Gasteiger partial charge in [-0.3, -0.25) is 0 Å². The fourth-order valence-corrected chi connectivity index (χ4v) is 3.81. The third-order valence-corrected chi connectivity index (χ3v) is 4.91. The molecule has 1 aliphatic rings. The Balaban J connectivity index is 1.73. The molecule has 0 radical (unpaired) electrons. The number of aromatic nitrogens is 3. The van der Waals surface area contributed by atoms with E-state index in [1.807, 2.05) is 12.4 Å². The van der Waals surface area contributed by atoms with E-state index in [1.54, 1.807) is 0 Å². The van der Waals surface area contributed by atoms with Crippen LogP contribution in [0.5, 0.6) is 0 Å². The Bertz CT molecular complexity index is 1040. The summed E-state index contributed by atoms with van der Waals surface area (Å²) in [5.74, 6) is 1.10. The number of imidazole rings is 1. The van der Waals surface area contributed by atoms with Crippen molar-refractivity contribution in [3.05, 3.63) is 95.7 Å². The highest BCUT2D eigenvalue weighted by Gasteiger charge is 2.28. The van der Waals surface area contributed by atoms with E-state index in [1.165, 1.54) is 27.6 Å². The molecule has 24 heavy (non-hydrogen) atoms. The molecule has 0 saturated carbocycles. The third-order valence-electron chi connectivity index (χ3n) is 4.91. The van der Waals surface area contributed by atoms with Gasteiger partial charge in [-0.2, -0.15) is 0 Å². The van der Waals surface area contributed by atoms with Gasteiger partial charge in [0.05, 0.1) is 5.92 Å². The molecule has 2 aromatic heterocycles. The SMILES string of the molecule is C1=C(C(c2ncc[nH]2)c2c[nH]c3ccccc23)c2ccccc2C1. The molecule has 3 heteroatoms. The van der Waals surface area contributed by atoms with Gasteiger partial charge in [0, 0.05) is 29.5 Å². The van der Waals surface area contributed by atoms with Crippen LogP contribution in [0, 0.1) is 0 Å². The van der Waals surface area contributed by atoms with Crippen LogP contribution in [0.15, 0.2) is 73.2 Å². The lowest BCUT2D eigenvalue weighted by atomic mass is 9.87. The molecule has 3 nitrogen and oxygen atoms in total. The molecule has 0 saturated heterocycles. The Morgan fingerprint density at radius 1 is 0.958 bits per heavy atom. The number of nitrogens with zero attached hydrogens (tertiary/aromatic N) is 1. The minimum Gasteiger partial charge on any atom is -0.361 e. The smallest absolute Gasteiger partial charge is 0.118 e. The van der Waals surface area contributed by atoms with Gasteiger partial charge >= 0.3 is 0 Å². The first-order valence-corrected chi connectivity index (χ1v) is 8.25. The second kappa shape index (κ2) is 5.24. The van der Waals surface area contributed by atoms with E-state index in [9.17, 15) is 0 Å². The number of rotatable bonds is 3. The number of fused-ring (bicyclic) bond motifs is 2. The molecule has 1 atom stereocenters. The number of nitrogens with one attached hydrogen (secondary N) is 2. The largest absolute Gasteiger partial charge is 0.361 e. The van der Waals surface area contributed by atoms with Gasteiger partial charge in [-0.25, -0.2) is 4.98 Å². The van der Waals surface area contributed by atoms with Crippen LogP contribution in [0.1, 0.15) is 28.4 Å². The number of allylic oxidation sites excluding steroid dienone is 2. The van der Waals surface area contributed by atoms with Crippen molar-refractivity contribution in [3.8, 4) is 0 Å². The van der Waals surface area contributed by atoms with Crippen molar-refractivity contribution >= 4 is 16.5 Å². The van der Waals surface area contributed by atoms with Crippen molar-refractivity contribution in [2.45, 2.75) is 12.3 Å². The first-order chi connectivity index (χ1) is 11.9. The molecule has 5 rings (SSSR count). The zero-order valence-corrected chi connectivity index (χ0v) is 13.2. The molecule has 2 aromatic carbocycles. The maximum atomic E-state index is 4.59. The number of hydrogen-bond acceptors (Lipinski definition) is 1.